The first-order chi connectivity index (χ1) is 9.46. The van der Waals surface area contributed by atoms with Gasteiger partial charge in [-0.3, -0.25) is 0 Å². The molecule has 1 saturated carbocycles. The highest BCUT2D eigenvalue weighted by Gasteiger charge is 2.28. The molecule has 0 saturated heterocycles. The Hall–Kier alpha value is -0.980. The van der Waals surface area contributed by atoms with Crippen molar-refractivity contribution in [2.45, 2.75) is 50.1 Å². The van der Waals surface area contributed by atoms with Gasteiger partial charge < -0.3 is 5.73 Å². The summed E-state index contributed by atoms with van der Waals surface area (Å²) in [6, 6.07) is 3.59. The Morgan fingerprint density at radius 1 is 1.45 bits per heavy atom. The van der Waals surface area contributed by atoms with E-state index in [2.05, 4.69) is 4.72 Å². The van der Waals surface area contributed by atoms with Crippen molar-refractivity contribution in [2.75, 3.05) is 0 Å². The van der Waals surface area contributed by atoms with Gasteiger partial charge >= 0.3 is 0 Å². The molecule has 0 aromatic heterocycles. The van der Waals surface area contributed by atoms with Crippen LogP contribution in [0.25, 0.3) is 0 Å². The monoisotopic (exact) mass is 300 g/mol. The molecule has 0 aliphatic heterocycles. The summed E-state index contributed by atoms with van der Waals surface area (Å²) in [6.07, 6.45) is 3.92. The predicted octanol–water partition coefficient (Wildman–Crippen LogP) is 2.14. The number of nitrogens with one attached hydrogen (secondary N) is 1. The van der Waals surface area contributed by atoms with Crippen LogP contribution in [0.1, 0.15) is 38.2 Å². The molecule has 0 spiro atoms. The lowest BCUT2D eigenvalue weighted by Gasteiger charge is -2.18. The molecule has 1 aliphatic rings. The zero-order valence-electron chi connectivity index (χ0n) is 11.6. The Kier molecular flexibility index (Phi) is 4.78. The highest BCUT2D eigenvalue weighted by atomic mass is 32.2. The first kappa shape index (κ1) is 15.4. The van der Waals surface area contributed by atoms with E-state index in [1.165, 1.54) is 25.0 Å². The maximum absolute atomic E-state index is 13.3. The second kappa shape index (κ2) is 6.20. The molecule has 112 valence electrons. The number of rotatable bonds is 7. The zero-order valence-corrected chi connectivity index (χ0v) is 12.4. The molecule has 1 fully saturated rings. The summed E-state index contributed by atoms with van der Waals surface area (Å²) in [5, 5.41) is 0. The first-order valence-electron chi connectivity index (χ1n) is 6.97. The normalized spacial score (nSPS) is 17.1. The van der Waals surface area contributed by atoms with E-state index in [1.807, 2.05) is 6.92 Å². The van der Waals surface area contributed by atoms with Crippen molar-refractivity contribution in [3.8, 4) is 0 Å². The highest BCUT2D eigenvalue weighted by molar-refractivity contribution is 7.89. The second-order valence-corrected chi connectivity index (χ2v) is 7.04. The van der Waals surface area contributed by atoms with Gasteiger partial charge in [-0.05, 0) is 36.5 Å². The summed E-state index contributed by atoms with van der Waals surface area (Å²) < 4.78 is 40.8. The fourth-order valence-corrected chi connectivity index (χ4v) is 3.88. The molecule has 1 aromatic rings. The number of hydrogen-bond acceptors (Lipinski definition) is 3. The summed E-state index contributed by atoms with van der Waals surface area (Å²) in [5.41, 5.74) is 5.97. The van der Waals surface area contributed by atoms with Gasteiger partial charge in [0.05, 0.1) is 4.90 Å². The third-order valence-electron chi connectivity index (χ3n) is 3.67. The SMILES string of the molecule is CCC(CC1CC1)NS(=O)(=O)c1cc(F)ccc1CN. The summed E-state index contributed by atoms with van der Waals surface area (Å²) in [4.78, 5) is -0.0470. The number of hydrogen-bond donors (Lipinski definition) is 2. The van der Waals surface area contributed by atoms with Gasteiger partial charge in [0, 0.05) is 12.6 Å². The lowest BCUT2D eigenvalue weighted by atomic mass is 10.1. The predicted molar refractivity (Wildman–Crippen MR) is 76.0 cm³/mol. The molecule has 2 rings (SSSR count). The van der Waals surface area contributed by atoms with Gasteiger partial charge in [0.2, 0.25) is 10.0 Å². The first-order valence-corrected chi connectivity index (χ1v) is 8.45. The molecule has 0 radical (unpaired) electrons. The van der Waals surface area contributed by atoms with Crippen LogP contribution >= 0.6 is 0 Å². The minimum atomic E-state index is -3.72. The van der Waals surface area contributed by atoms with Crippen LogP contribution in [0.4, 0.5) is 4.39 Å². The largest absolute Gasteiger partial charge is 0.326 e. The van der Waals surface area contributed by atoms with E-state index in [4.69, 9.17) is 5.73 Å². The van der Waals surface area contributed by atoms with Crippen LogP contribution in [0.3, 0.4) is 0 Å². The molecule has 1 atom stereocenters. The van der Waals surface area contributed by atoms with E-state index in [0.717, 1.165) is 18.9 Å². The second-order valence-electron chi connectivity index (χ2n) is 5.36. The Morgan fingerprint density at radius 2 is 2.15 bits per heavy atom. The highest BCUT2D eigenvalue weighted by Crippen LogP contribution is 2.34. The number of sulfonamides is 1. The maximum atomic E-state index is 13.3. The summed E-state index contributed by atoms with van der Waals surface area (Å²) in [5.74, 6) is 0.0574. The van der Waals surface area contributed by atoms with Gasteiger partial charge in [0.1, 0.15) is 5.82 Å². The number of nitrogens with two attached hydrogens (primary N) is 1. The topological polar surface area (TPSA) is 72.2 Å². The number of halogens is 1. The molecule has 1 aromatic carbocycles. The molecule has 1 aliphatic carbocycles. The van der Waals surface area contributed by atoms with Crippen LogP contribution in [-0.2, 0) is 16.6 Å². The molecule has 4 nitrogen and oxygen atoms in total. The van der Waals surface area contributed by atoms with Crippen LogP contribution in [-0.4, -0.2) is 14.5 Å². The van der Waals surface area contributed by atoms with Crippen LogP contribution in [0, 0.1) is 11.7 Å². The average Bonchev–Trinajstić information content (AvgIpc) is 3.21. The average molecular weight is 300 g/mol. The quantitative estimate of drug-likeness (QED) is 0.810. The van der Waals surface area contributed by atoms with Crippen LogP contribution in [0.5, 0.6) is 0 Å². The maximum Gasteiger partial charge on any atom is 0.241 e. The van der Waals surface area contributed by atoms with Crippen molar-refractivity contribution >= 4 is 10.0 Å². The van der Waals surface area contributed by atoms with Crippen molar-refractivity contribution in [3.05, 3.63) is 29.6 Å². The zero-order chi connectivity index (χ0) is 14.8. The lowest BCUT2D eigenvalue weighted by molar-refractivity contribution is 0.494. The van der Waals surface area contributed by atoms with Crippen molar-refractivity contribution in [1.29, 1.82) is 0 Å². The van der Waals surface area contributed by atoms with E-state index in [0.29, 0.717) is 11.5 Å². The molecule has 20 heavy (non-hydrogen) atoms. The summed E-state index contributed by atoms with van der Waals surface area (Å²) in [6.45, 7) is 2.01. The molecule has 0 amide bonds. The Labute approximate surface area is 119 Å². The van der Waals surface area contributed by atoms with E-state index in [-0.39, 0.29) is 17.5 Å². The third-order valence-corrected chi connectivity index (χ3v) is 5.27. The van der Waals surface area contributed by atoms with E-state index in [1.54, 1.807) is 0 Å². The smallest absolute Gasteiger partial charge is 0.241 e. The van der Waals surface area contributed by atoms with Crippen molar-refractivity contribution < 1.29 is 12.8 Å². The van der Waals surface area contributed by atoms with Gasteiger partial charge in [-0.1, -0.05) is 25.8 Å². The molecule has 3 N–H and O–H groups in total. The minimum absolute atomic E-state index is 0.0470. The van der Waals surface area contributed by atoms with E-state index < -0.39 is 15.8 Å². The lowest BCUT2D eigenvalue weighted by Crippen LogP contribution is -2.35. The molecule has 0 heterocycles. The molecular formula is C14H21FN2O2S. The van der Waals surface area contributed by atoms with Gasteiger partial charge in [-0.25, -0.2) is 17.5 Å². The van der Waals surface area contributed by atoms with Crippen molar-refractivity contribution in [1.82, 2.24) is 4.72 Å². The summed E-state index contributed by atoms with van der Waals surface area (Å²) >= 11 is 0. The fraction of sp³-hybridized carbons (Fsp3) is 0.571. The van der Waals surface area contributed by atoms with Crippen LogP contribution in [0.2, 0.25) is 0 Å². The Bertz CT molecular complexity index is 571. The minimum Gasteiger partial charge on any atom is -0.326 e. The summed E-state index contributed by atoms with van der Waals surface area (Å²) in [7, 11) is -3.72. The van der Waals surface area contributed by atoms with Crippen LogP contribution in [0.15, 0.2) is 23.1 Å². The molecule has 0 bridgehead atoms. The third kappa shape index (κ3) is 3.77. The standard InChI is InChI=1S/C14H21FN2O2S/c1-2-13(7-10-3-4-10)17-20(18,19)14-8-12(15)6-5-11(14)9-16/h5-6,8,10,13,17H,2-4,7,9,16H2,1H3. The van der Waals surface area contributed by atoms with Gasteiger partial charge in [0.25, 0.3) is 0 Å². The van der Waals surface area contributed by atoms with Gasteiger partial charge in [-0.2, -0.15) is 0 Å². The van der Waals surface area contributed by atoms with Gasteiger partial charge in [-0.15, -0.1) is 0 Å². The van der Waals surface area contributed by atoms with E-state index in [9.17, 15) is 12.8 Å². The fourth-order valence-electron chi connectivity index (χ4n) is 2.28. The molecule has 1 unspecified atom stereocenters. The van der Waals surface area contributed by atoms with Crippen molar-refractivity contribution in [2.24, 2.45) is 11.7 Å². The Balaban J connectivity index is 2.22. The van der Waals surface area contributed by atoms with Crippen molar-refractivity contribution in [3.63, 3.8) is 0 Å². The van der Waals surface area contributed by atoms with Gasteiger partial charge in [0.15, 0.2) is 0 Å². The molecular weight excluding hydrogens is 279 g/mol. The van der Waals surface area contributed by atoms with E-state index >= 15 is 0 Å². The van der Waals surface area contributed by atoms with Crippen LogP contribution < -0.4 is 10.5 Å². The Morgan fingerprint density at radius 3 is 2.70 bits per heavy atom. The number of benzene rings is 1. The molecule has 6 heteroatoms.